The number of carbonyl (C=O) groups is 1. The molecule has 1 heterocycles. The Morgan fingerprint density at radius 2 is 1.94 bits per heavy atom. The van der Waals surface area contributed by atoms with E-state index in [9.17, 15) is 4.79 Å². The first kappa shape index (κ1) is 12.3. The summed E-state index contributed by atoms with van der Waals surface area (Å²) in [5.41, 5.74) is 0.358. The predicted molar refractivity (Wildman–Crippen MR) is 66.2 cm³/mol. The van der Waals surface area contributed by atoms with Gasteiger partial charge in [0.05, 0.1) is 6.26 Å². The van der Waals surface area contributed by atoms with E-state index < -0.39 is 11.6 Å². The van der Waals surface area contributed by atoms with Crippen LogP contribution in [0, 0.1) is 0 Å². The van der Waals surface area contributed by atoms with Crippen molar-refractivity contribution in [3.8, 4) is 0 Å². The quantitative estimate of drug-likeness (QED) is 0.895. The lowest BCUT2D eigenvalue weighted by molar-refractivity contribution is -0.155. The van der Waals surface area contributed by atoms with E-state index in [0.29, 0.717) is 16.5 Å². The van der Waals surface area contributed by atoms with Crippen molar-refractivity contribution in [1.82, 2.24) is 0 Å². The number of carboxylic acid groups (broad SMARTS) is 1. The lowest BCUT2D eigenvalue weighted by atomic mass is 9.95. The Labute approximate surface area is 109 Å². The summed E-state index contributed by atoms with van der Waals surface area (Å²) in [6.45, 7) is 1.53. The minimum atomic E-state index is -1.20. The monoisotopic (exact) mass is 272 g/mol. The lowest BCUT2D eigenvalue weighted by Gasteiger charge is -2.17. The summed E-state index contributed by atoms with van der Waals surface area (Å²) in [7, 11) is 0. The number of hydrogen-bond donors (Lipinski definition) is 1. The molecule has 1 atom stereocenters. The van der Waals surface area contributed by atoms with Gasteiger partial charge in [0.1, 0.15) is 0 Å². The van der Waals surface area contributed by atoms with Crippen LogP contribution >= 0.6 is 23.2 Å². The summed E-state index contributed by atoms with van der Waals surface area (Å²) in [4.78, 5) is 11.0. The molecule has 0 amide bonds. The minimum absolute atomic E-state index is 0.291. The maximum Gasteiger partial charge on any atom is 0.348 e. The second kappa shape index (κ2) is 4.24. The van der Waals surface area contributed by atoms with Gasteiger partial charge in [0, 0.05) is 16.5 Å². The third-order valence-corrected chi connectivity index (χ3v) is 3.11. The van der Waals surface area contributed by atoms with Crippen LogP contribution in [-0.4, -0.2) is 16.7 Å². The zero-order valence-electron chi connectivity index (χ0n) is 9.04. The van der Waals surface area contributed by atoms with Crippen molar-refractivity contribution in [2.45, 2.75) is 18.9 Å². The van der Waals surface area contributed by atoms with E-state index in [0.717, 1.165) is 11.1 Å². The van der Waals surface area contributed by atoms with E-state index in [1.807, 2.05) is 0 Å². The number of rotatable bonds is 2. The first-order valence-corrected chi connectivity index (χ1v) is 5.73. The summed E-state index contributed by atoms with van der Waals surface area (Å²) in [6.07, 6.45) is 1.75. The van der Waals surface area contributed by atoms with Gasteiger partial charge in [-0.05, 0) is 36.3 Å². The van der Waals surface area contributed by atoms with E-state index in [4.69, 9.17) is 33.0 Å². The number of ether oxygens (including phenoxy) is 1. The highest BCUT2D eigenvalue weighted by molar-refractivity contribution is 6.34. The molecular formula is C12H10Cl2O3. The van der Waals surface area contributed by atoms with Crippen molar-refractivity contribution in [1.29, 1.82) is 0 Å². The topological polar surface area (TPSA) is 46.5 Å². The van der Waals surface area contributed by atoms with Gasteiger partial charge in [0.25, 0.3) is 0 Å². The molecule has 1 unspecified atom stereocenters. The molecule has 0 saturated heterocycles. The highest BCUT2D eigenvalue weighted by atomic mass is 35.5. The molecule has 0 spiro atoms. The highest BCUT2D eigenvalue weighted by Gasteiger charge is 2.39. The van der Waals surface area contributed by atoms with Crippen LogP contribution < -0.4 is 0 Å². The molecule has 17 heavy (non-hydrogen) atoms. The number of carboxylic acids is 1. The number of hydrogen-bond acceptors (Lipinski definition) is 2. The first-order valence-electron chi connectivity index (χ1n) is 4.97. The SMILES string of the molecule is CC1(C(=O)O)CC(c2cc(Cl)cc(Cl)c2)=CO1. The van der Waals surface area contributed by atoms with Crippen LogP contribution in [0.4, 0.5) is 0 Å². The molecule has 90 valence electrons. The van der Waals surface area contributed by atoms with Gasteiger partial charge in [0.15, 0.2) is 0 Å². The molecule has 1 aliphatic rings. The average molecular weight is 273 g/mol. The summed E-state index contributed by atoms with van der Waals surface area (Å²) in [5, 5.41) is 10.1. The van der Waals surface area contributed by atoms with Gasteiger partial charge in [-0.25, -0.2) is 4.79 Å². The van der Waals surface area contributed by atoms with Crippen molar-refractivity contribution in [3.05, 3.63) is 40.1 Å². The number of aliphatic carboxylic acids is 1. The van der Waals surface area contributed by atoms with Crippen molar-refractivity contribution in [2.75, 3.05) is 0 Å². The normalized spacial score (nSPS) is 23.1. The Hall–Kier alpha value is -1.19. The molecule has 0 aromatic heterocycles. The molecule has 1 aliphatic heterocycles. The molecule has 1 aromatic rings. The lowest BCUT2D eigenvalue weighted by Crippen LogP contribution is -2.34. The summed E-state index contributed by atoms with van der Waals surface area (Å²) < 4.78 is 5.20. The van der Waals surface area contributed by atoms with Crippen molar-refractivity contribution < 1.29 is 14.6 Å². The fourth-order valence-corrected chi connectivity index (χ4v) is 2.21. The molecule has 1 N–H and O–H groups in total. The van der Waals surface area contributed by atoms with Crippen LogP contribution in [0.2, 0.25) is 10.0 Å². The van der Waals surface area contributed by atoms with Crippen molar-refractivity contribution in [3.63, 3.8) is 0 Å². The molecular weight excluding hydrogens is 263 g/mol. The molecule has 3 nitrogen and oxygen atoms in total. The molecule has 0 bridgehead atoms. The Balaban J connectivity index is 2.29. The van der Waals surface area contributed by atoms with Crippen molar-refractivity contribution in [2.24, 2.45) is 0 Å². The van der Waals surface area contributed by atoms with Gasteiger partial charge < -0.3 is 9.84 Å². The zero-order chi connectivity index (χ0) is 12.6. The third kappa shape index (κ3) is 2.40. The van der Waals surface area contributed by atoms with Crippen molar-refractivity contribution >= 4 is 34.7 Å². The van der Waals surface area contributed by atoms with E-state index in [-0.39, 0.29) is 0 Å². The van der Waals surface area contributed by atoms with Gasteiger partial charge in [0.2, 0.25) is 5.60 Å². The van der Waals surface area contributed by atoms with Crippen LogP contribution in [0.5, 0.6) is 0 Å². The molecule has 0 saturated carbocycles. The second-order valence-electron chi connectivity index (χ2n) is 4.13. The molecule has 1 aromatic carbocycles. The van der Waals surface area contributed by atoms with Crippen LogP contribution in [0.3, 0.4) is 0 Å². The van der Waals surface area contributed by atoms with Gasteiger partial charge in [-0.15, -0.1) is 0 Å². The summed E-state index contributed by atoms with van der Waals surface area (Å²) >= 11 is 11.8. The van der Waals surface area contributed by atoms with Crippen LogP contribution in [-0.2, 0) is 9.53 Å². The minimum Gasteiger partial charge on any atom is -0.483 e. The zero-order valence-corrected chi connectivity index (χ0v) is 10.5. The van der Waals surface area contributed by atoms with E-state index in [1.165, 1.54) is 13.2 Å². The fraction of sp³-hybridized carbons (Fsp3) is 0.250. The molecule has 5 heteroatoms. The van der Waals surface area contributed by atoms with E-state index in [1.54, 1.807) is 18.2 Å². The smallest absolute Gasteiger partial charge is 0.348 e. The Morgan fingerprint density at radius 1 is 1.35 bits per heavy atom. The summed E-state index contributed by atoms with van der Waals surface area (Å²) in [5.74, 6) is -0.989. The standard InChI is InChI=1S/C12H10Cl2O3/c1-12(11(15)16)5-8(6-17-12)7-2-9(13)4-10(14)3-7/h2-4,6H,5H2,1H3,(H,15,16). The fourth-order valence-electron chi connectivity index (χ4n) is 1.68. The van der Waals surface area contributed by atoms with Crippen LogP contribution in [0.1, 0.15) is 18.9 Å². The van der Waals surface area contributed by atoms with Crippen LogP contribution in [0.25, 0.3) is 5.57 Å². The van der Waals surface area contributed by atoms with Gasteiger partial charge >= 0.3 is 5.97 Å². The predicted octanol–water partition coefficient (Wildman–Crippen LogP) is 3.60. The van der Waals surface area contributed by atoms with Gasteiger partial charge in [-0.1, -0.05) is 23.2 Å². The summed E-state index contributed by atoms with van der Waals surface area (Å²) in [6, 6.07) is 5.09. The van der Waals surface area contributed by atoms with Crippen LogP contribution in [0.15, 0.2) is 24.5 Å². The molecule has 2 rings (SSSR count). The maximum absolute atomic E-state index is 11.0. The van der Waals surface area contributed by atoms with E-state index in [2.05, 4.69) is 0 Å². The number of benzene rings is 1. The molecule has 0 fully saturated rings. The van der Waals surface area contributed by atoms with E-state index >= 15 is 0 Å². The molecule has 0 radical (unpaired) electrons. The second-order valence-corrected chi connectivity index (χ2v) is 5.00. The number of halogens is 2. The Morgan fingerprint density at radius 3 is 2.41 bits per heavy atom. The van der Waals surface area contributed by atoms with Gasteiger partial charge in [-0.3, -0.25) is 0 Å². The highest BCUT2D eigenvalue weighted by Crippen LogP contribution is 2.36. The first-order chi connectivity index (χ1) is 7.90. The Kier molecular flexibility index (Phi) is 3.06. The maximum atomic E-state index is 11.0. The molecule has 0 aliphatic carbocycles. The average Bonchev–Trinajstić information content (AvgIpc) is 2.61. The Bertz CT molecular complexity index is 490. The third-order valence-electron chi connectivity index (χ3n) is 2.67. The van der Waals surface area contributed by atoms with Gasteiger partial charge in [-0.2, -0.15) is 0 Å². The largest absolute Gasteiger partial charge is 0.483 e.